The van der Waals surface area contributed by atoms with Crippen molar-refractivity contribution in [2.75, 3.05) is 6.54 Å². The van der Waals surface area contributed by atoms with E-state index in [-0.39, 0.29) is 17.8 Å². The predicted octanol–water partition coefficient (Wildman–Crippen LogP) is 3.72. The van der Waals surface area contributed by atoms with E-state index in [0.717, 1.165) is 35.3 Å². The molecule has 1 aromatic heterocycles. The fourth-order valence-corrected chi connectivity index (χ4v) is 4.31. The zero-order valence-corrected chi connectivity index (χ0v) is 14.0. The summed E-state index contributed by atoms with van der Waals surface area (Å²) in [6.07, 6.45) is 3.21. The molecule has 0 saturated heterocycles. The minimum atomic E-state index is -0.255. The van der Waals surface area contributed by atoms with Crippen LogP contribution in [0.1, 0.15) is 34.5 Å². The molecule has 3 N–H and O–H groups in total. The molecule has 1 aliphatic carbocycles. The Hall–Kier alpha value is -1.72. The fourth-order valence-electron chi connectivity index (χ4n) is 3.23. The lowest BCUT2D eigenvalue weighted by molar-refractivity contribution is 0.0933. The van der Waals surface area contributed by atoms with E-state index in [0.29, 0.717) is 17.3 Å². The number of aryl methyl sites for hydroxylation is 1. The first-order valence-corrected chi connectivity index (χ1v) is 8.77. The molecule has 1 fully saturated rings. The molecule has 0 bridgehead atoms. The number of hydrogen-bond donors (Lipinski definition) is 2. The predicted molar refractivity (Wildman–Crippen MR) is 92.1 cm³/mol. The molecule has 0 radical (unpaired) electrons. The number of thiophene rings is 1. The van der Waals surface area contributed by atoms with E-state index in [1.165, 1.54) is 23.5 Å². The van der Waals surface area contributed by atoms with Crippen LogP contribution in [0.5, 0.6) is 0 Å². The van der Waals surface area contributed by atoms with Gasteiger partial charge in [-0.05, 0) is 61.6 Å². The lowest BCUT2D eigenvalue weighted by Crippen LogP contribution is -2.39. The van der Waals surface area contributed by atoms with Crippen LogP contribution in [0.15, 0.2) is 30.3 Å². The molecular formula is C18H21FN2OS. The van der Waals surface area contributed by atoms with Gasteiger partial charge in [-0.15, -0.1) is 11.3 Å². The van der Waals surface area contributed by atoms with E-state index in [1.54, 1.807) is 12.1 Å². The summed E-state index contributed by atoms with van der Waals surface area (Å²) in [4.78, 5) is 14.2. The van der Waals surface area contributed by atoms with Crippen LogP contribution in [-0.4, -0.2) is 18.5 Å². The maximum atomic E-state index is 13.1. The number of hydrogen-bond acceptors (Lipinski definition) is 3. The van der Waals surface area contributed by atoms with Crippen molar-refractivity contribution in [1.29, 1.82) is 0 Å². The van der Waals surface area contributed by atoms with Crippen LogP contribution in [0.3, 0.4) is 0 Å². The molecular weight excluding hydrogens is 311 g/mol. The molecule has 3 rings (SSSR count). The summed E-state index contributed by atoms with van der Waals surface area (Å²) in [6, 6.07) is 8.47. The Balaban J connectivity index is 1.77. The van der Waals surface area contributed by atoms with E-state index in [2.05, 4.69) is 5.32 Å². The van der Waals surface area contributed by atoms with Gasteiger partial charge >= 0.3 is 0 Å². The van der Waals surface area contributed by atoms with Crippen molar-refractivity contribution < 1.29 is 9.18 Å². The zero-order chi connectivity index (χ0) is 16.4. The maximum absolute atomic E-state index is 13.1. The van der Waals surface area contributed by atoms with E-state index >= 15 is 0 Å². The van der Waals surface area contributed by atoms with Gasteiger partial charge in [0.15, 0.2) is 0 Å². The molecule has 1 heterocycles. The normalized spacial score (nSPS) is 20.7. The third-order valence-electron chi connectivity index (χ3n) is 4.53. The van der Waals surface area contributed by atoms with Crippen LogP contribution in [0, 0.1) is 18.7 Å². The van der Waals surface area contributed by atoms with Gasteiger partial charge in [-0.1, -0.05) is 18.6 Å². The third-order valence-corrected chi connectivity index (χ3v) is 5.81. The van der Waals surface area contributed by atoms with E-state index in [9.17, 15) is 9.18 Å². The molecule has 23 heavy (non-hydrogen) atoms. The lowest BCUT2D eigenvalue weighted by atomic mass is 10.0. The maximum Gasteiger partial charge on any atom is 0.261 e. The molecule has 2 aromatic rings. The SMILES string of the molecule is Cc1cc(C(=O)NC2CCCC2CN)sc1-c1ccc(F)cc1. The molecule has 1 amide bonds. The molecule has 122 valence electrons. The Bertz CT molecular complexity index is 696. The number of carbonyl (C=O) groups excluding carboxylic acids is 1. The highest BCUT2D eigenvalue weighted by molar-refractivity contribution is 7.17. The van der Waals surface area contributed by atoms with Crippen LogP contribution >= 0.6 is 11.3 Å². The molecule has 2 unspecified atom stereocenters. The van der Waals surface area contributed by atoms with Crippen molar-refractivity contribution in [1.82, 2.24) is 5.32 Å². The average Bonchev–Trinajstić information content (AvgIpc) is 3.14. The first-order valence-electron chi connectivity index (χ1n) is 7.96. The standard InChI is InChI=1S/C18H21FN2OS/c1-11-9-16(18(22)21-15-4-2-3-13(15)10-20)23-17(11)12-5-7-14(19)8-6-12/h5-9,13,15H,2-4,10,20H2,1H3,(H,21,22). The van der Waals surface area contributed by atoms with Gasteiger partial charge in [-0.25, -0.2) is 4.39 Å². The zero-order valence-electron chi connectivity index (χ0n) is 13.1. The summed E-state index contributed by atoms with van der Waals surface area (Å²) in [5.41, 5.74) is 7.75. The van der Waals surface area contributed by atoms with Crippen molar-refractivity contribution >= 4 is 17.2 Å². The summed E-state index contributed by atoms with van der Waals surface area (Å²) in [7, 11) is 0. The summed E-state index contributed by atoms with van der Waals surface area (Å²) in [5.74, 6) is 0.100. The Morgan fingerprint density at radius 1 is 1.35 bits per heavy atom. The largest absolute Gasteiger partial charge is 0.348 e. The van der Waals surface area contributed by atoms with Crippen molar-refractivity contribution in [3.63, 3.8) is 0 Å². The number of benzene rings is 1. The first-order chi connectivity index (χ1) is 11.1. The third kappa shape index (κ3) is 3.46. The molecule has 0 aliphatic heterocycles. The second-order valence-electron chi connectivity index (χ2n) is 6.14. The number of halogens is 1. The summed E-state index contributed by atoms with van der Waals surface area (Å²) in [5, 5.41) is 3.13. The molecule has 5 heteroatoms. The van der Waals surface area contributed by atoms with Crippen LogP contribution in [0.25, 0.3) is 10.4 Å². The summed E-state index contributed by atoms with van der Waals surface area (Å²) in [6.45, 7) is 2.60. The second-order valence-corrected chi connectivity index (χ2v) is 7.19. The lowest BCUT2D eigenvalue weighted by Gasteiger charge is -2.18. The number of nitrogens with one attached hydrogen (secondary N) is 1. The number of nitrogens with two attached hydrogens (primary N) is 1. The van der Waals surface area contributed by atoms with Crippen LogP contribution in [0.2, 0.25) is 0 Å². The Morgan fingerprint density at radius 2 is 2.09 bits per heavy atom. The van der Waals surface area contributed by atoms with E-state index in [1.807, 2.05) is 13.0 Å². The van der Waals surface area contributed by atoms with Crippen molar-refractivity contribution in [2.24, 2.45) is 11.7 Å². The highest BCUT2D eigenvalue weighted by Crippen LogP contribution is 2.33. The van der Waals surface area contributed by atoms with Gasteiger partial charge in [-0.3, -0.25) is 4.79 Å². The second kappa shape index (κ2) is 6.81. The number of carbonyl (C=O) groups is 1. The highest BCUT2D eigenvalue weighted by Gasteiger charge is 2.28. The van der Waals surface area contributed by atoms with Gasteiger partial charge in [0.2, 0.25) is 0 Å². The average molecular weight is 332 g/mol. The van der Waals surface area contributed by atoms with E-state index < -0.39 is 0 Å². The molecule has 1 aromatic carbocycles. The monoisotopic (exact) mass is 332 g/mol. The minimum Gasteiger partial charge on any atom is -0.348 e. The first kappa shape index (κ1) is 16.1. The Labute approximate surface area is 139 Å². The fraction of sp³-hybridized carbons (Fsp3) is 0.389. The quantitative estimate of drug-likeness (QED) is 0.896. The van der Waals surface area contributed by atoms with Crippen molar-refractivity contribution in [3.8, 4) is 10.4 Å². The van der Waals surface area contributed by atoms with Gasteiger partial charge in [0, 0.05) is 10.9 Å². The molecule has 3 nitrogen and oxygen atoms in total. The van der Waals surface area contributed by atoms with Crippen molar-refractivity contribution in [2.45, 2.75) is 32.2 Å². The Kier molecular flexibility index (Phi) is 4.78. The molecule has 1 aliphatic rings. The van der Waals surface area contributed by atoms with Gasteiger partial charge in [0.05, 0.1) is 4.88 Å². The molecule has 0 spiro atoms. The highest BCUT2D eigenvalue weighted by atomic mass is 32.1. The molecule has 2 atom stereocenters. The van der Waals surface area contributed by atoms with Crippen LogP contribution < -0.4 is 11.1 Å². The summed E-state index contributed by atoms with van der Waals surface area (Å²) >= 11 is 1.45. The van der Waals surface area contributed by atoms with Crippen molar-refractivity contribution in [3.05, 3.63) is 46.6 Å². The van der Waals surface area contributed by atoms with Crippen LogP contribution in [-0.2, 0) is 0 Å². The van der Waals surface area contributed by atoms with Gasteiger partial charge in [0.25, 0.3) is 5.91 Å². The van der Waals surface area contributed by atoms with Gasteiger partial charge in [-0.2, -0.15) is 0 Å². The number of amides is 1. The smallest absolute Gasteiger partial charge is 0.261 e. The Morgan fingerprint density at radius 3 is 2.78 bits per heavy atom. The summed E-state index contributed by atoms with van der Waals surface area (Å²) < 4.78 is 13.1. The molecule has 1 saturated carbocycles. The van der Waals surface area contributed by atoms with Gasteiger partial charge in [0.1, 0.15) is 5.82 Å². The van der Waals surface area contributed by atoms with E-state index in [4.69, 9.17) is 5.73 Å². The van der Waals surface area contributed by atoms with Crippen LogP contribution in [0.4, 0.5) is 4.39 Å². The topological polar surface area (TPSA) is 55.1 Å². The number of rotatable bonds is 4. The van der Waals surface area contributed by atoms with Gasteiger partial charge < -0.3 is 11.1 Å². The minimum absolute atomic E-state index is 0.0307.